The van der Waals surface area contributed by atoms with Crippen LogP contribution >= 0.6 is 11.6 Å². The van der Waals surface area contributed by atoms with E-state index in [-0.39, 0.29) is 23.6 Å². The van der Waals surface area contributed by atoms with E-state index in [9.17, 15) is 9.18 Å². The van der Waals surface area contributed by atoms with Crippen molar-refractivity contribution >= 4 is 17.4 Å². The Labute approximate surface area is 105 Å². The molecule has 2 nitrogen and oxygen atoms in total. The lowest BCUT2D eigenvalue weighted by molar-refractivity contribution is -0.120. The van der Waals surface area contributed by atoms with Crippen LogP contribution in [0, 0.1) is 5.82 Å². The zero-order valence-electron chi connectivity index (χ0n) is 9.51. The molecule has 1 aromatic carbocycles. The minimum atomic E-state index is -0.387. The summed E-state index contributed by atoms with van der Waals surface area (Å²) in [5.74, 6) is -0.407. The van der Waals surface area contributed by atoms with Gasteiger partial charge in [0.05, 0.1) is 0 Å². The molecule has 0 aliphatic heterocycles. The van der Waals surface area contributed by atoms with Gasteiger partial charge in [-0.05, 0) is 43.0 Å². The van der Waals surface area contributed by atoms with Gasteiger partial charge in [0.1, 0.15) is 11.6 Å². The molecule has 1 saturated carbocycles. The van der Waals surface area contributed by atoms with Gasteiger partial charge in [0.2, 0.25) is 0 Å². The fourth-order valence-electron chi connectivity index (χ4n) is 2.15. The lowest BCUT2D eigenvalue weighted by Crippen LogP contribution is -2.48. The molecule has 17 heavy (non-hydrogen) atoms. The van der Waals surface area contributed by atoms with E-state index in [2.05, 4.69) is 0 Å². The Kier molecular flexibility index (Phi) is 3.50. The van der Waals surface area contributed by atoms with Gasteiger partial charge in [-0.1, -0.05) is 11.6 Å². The molecular formula is C13H15ClFNO. The number of nitrogens with two attached hydrogens (primary N) is 1. The number of halogens is 2. The molecule has 1 aromatic rings. The molecule has 1 fully saturated rings. The molecule has 1 aliphatic carbocycles. The Morgan fingerprint density at radius 1 is 1.47 bits per heavy atom. The van der Waals surface area contributed by atoms with E-state index in [1.54, 1.807) is 0 Å². The molecule has 0 radical (unpaired) electrons. The van der Waals surface area contributed by atoms with Crippen molar-refractivity contribution in [3.63, 3.8) is 0 Å². The van der Waals surface area contributed by atoms with E-state index in [0.717, 1.165) is 19.3 Å². The van der Waals surface area contributed by atoms with Gasteiger partial charge in [0.15, 0.2) is 0 Å². The Bertz CT molecular complexity index is 443. The van der Waals surface area contributed by atoms with Crippen molar-refractivity contribution < 1.29 is 9.18 Å². The largest absolute Gasteiger partial charge is 0.325 e. The SMILES string of the molecule is NC1(CC(=O)Cc2cc(Cl)ccc2F)CCC1. The zero-order valence-corrected chi connectivity index (χ0v) is 10.3. The second-order valence-electron chi connectivity index (χ2n) is 4.84. The van der Waals surface area contributed by atoms with Crippen LogP contribution in [-0.2, 0) is 11.2 Å². The van der Waals surface area contributed by atoms with E-state index in [1.807, 2.05) is 0 Å². The van der Waals surface area contributed by atoms with Crippen molar-refractivity contribution in [3.8, 4) is 0 Å². The first-order chi connectivity index (χ1) is 7.98. The highest BCUT2D eigenvalue weighted by Gasteiger charge is 2.34. The number of Topliss-reactive ketones (excluding diaryl/α,β-unsaturated/α-hetero) is 1. The molecule has 0 aromatic heterocycles. The van der Waals surface area contributed by atoms with Crippen molar-refractivity contribution in [2.45, 2.75) is 37.6 Å². The van der Waals surface area contributed by atoms with Gasteiger partial charge in [-0.2, -0.15) is 0 Å². The van der Waals surface area contributed by atoms with Crippen LogP contribution < -0.4 is 5.73 Å². The second kappa shape index (κ2) is 4.75. The van der Waals surface area contributed by atoms with Crippen LogP contribution in [0.25, 0.3) is 0 Å². The Morgan fingerprint density at radius 2 is 2.18 bits per heavy atom. The molecule has 2 N–H and O–H groups in total. The first kappa shape index (κ1) is 12.5. The van der Waals surface area contributed by atoms with Gasteiger partial charge in [-0.15, -0.1) is 0 Å². The maximum absolute atomic E-state index is 13.4. The van der Waals surface area contributed by atoms with Crippen molar-refractivity contribution in [3.05, 3.63) is 34.6 Å². The maximum atomic E-state index is 13.4. The predicted molar refractivity (Wildman–Crippen MR) is 65.5 cm³/mol. The quantitative estimate of drug-likeness (QED) is 0.899. The molecule has 2 rings (SSSR count). The molecule has 0 saturated heterocycles. The van der Waals surface area contributed by atoms with E-state index in [1.165, 1.54) is 18.2 Å². The average molecular weight is 256 g/mol. The van der Waals surface area contributed by atoms with E-state index in [0.29, 0.717) is 17.0 Å². The molecule has 1 aliphatic rings. The summed E-state index contributed by atoms with van der Waals surface area (Å²) in [5, 5.41) is 0.445. The third-order valence-electron chi connectivity index (χ3n) is 3.29. The summed E-state index contributed by atoms with van der Waals surface area (Å²) in [4.78, 5) is 11.8. The van der Waals surface area contributed by atoms with Crippen molar-refractivity contribution in [2.75, 3.05) is 0 Å². The molecule has 92 valence electrons. The summed E-state index contributed by atoms with van der Waals surface area (Å²) in [6, 6.07) is 4.26. The standard InChI is InChI=1S/C13H15ClFNO/c14-10-2-3-12(15)9(6-10)7-11(17)8-13(16)4-1-5-13/h2-3,6H,1,4-5,7-8,16H2. The Balaban J connectivity index is 2.00. The monoisotopic (exact) mass is 255 g/mol. The topological polar surface area (TPSA) is 43.1 Å². The van der Waals surface area contributed by atoms with Crippen molar-refractivity contribution in [1.29, 1.82) is 0 Å². The van der Waals surface area contributed by atoms with Gasteiger partial charge in [0, 0.05) is 23.4 Å². The predicted octanol–water partition coefficient (Wildman–Crippen LogP) is 2.86. The molecule has 0 amide bonds. The van der Waals surface area contributed by atoms with E-state index in [4.69, 9.17) is 17.3 Å². The third-order valence-corrected chi connectivity index (χ3v) is 3.53. The van der Waals surface area contributed by atoms with Crippen LogP contribution in [0.1, 0.15) is 31.2 Å². The fraction of sp³-hybridized carbons (Fsp3) is 0.462. The van der Waals surface area contributed by atoms with Gasteiger partial charge < -0.3 is 5.73 Å². The number of rotatable bonds is 4. The lowest BCUT2D eigenvalue weighted by atomic mass is 9.74. The smallest absolute Gasteiger partial charge is 0.139 e. The Morgan fingerprint density at radius 3 is 2.76 bits per heavy atom. The van der Waals surface area contributed by atoms with Gasteiger partial charge in [-0.3, -0.25) is 4.79 Å². The maximum Gasteiger partial charge on any atom is 0.139 e. The van der Waals surface area contributed by atoms with Crippen LogP contribution in [0.4, 0.5) is 4.39 Å². The Hall–Kier alpha value is -0.930. The first-order valence-electron chi connectivity index (χ1n) is 5.73. The second-order valence-corrected chi connectivity index (χ2v) is 5.28. The van der Waals surface area contributed by atoms with E-state index >= 15 is 0 Å². The minimum absolute atomic E-state index is 0.0200. The molecule has 0 unspecified atom stereocenters. The highest BCUT2D eigenvalue weighted by Crippen LogP contribution is 2.32. The summed E-state index contributed by atoms with van der Waals surface area (Å²) in [6.07, 6.45) is 3.26. The van der Waals surface area contributed by atoms with Crippen molar-refractivity contribution in [2.24, 2.45) is 5.73 Å². The molecule has 0 atom stereocenters. The van der Waals surface area contributed by atoms with Gasteiger partial charge in [-0.25, -0.2) is 4.39 Å². The van der Waals surface area contributed by atoms with Gasteiger partial charge in [0.25, 0.3) is 0 Å². The van der Waals surface area contributed by atoms with Crippen molar-refractivity contribution in [1.82, 2.24) is 0 Å². The number of hydrogen-bond acceptors (Lipinski definition) is 2. The summed E-state index contributed by atoms with van der Waals surface area (Å²) < 4.78 is 13.4. The molecule has 0 heterocycles. The summed E-state index contributed by atoms with van der Waals surface area (Å²) in [6.45, 7) is 0. The highest BCUT2D eigenvalue weighted by molar-refractivity contribution is 6.30. The number of ketones is 1. The third kappa shape index (κ3) is 3.05. The van der Waals surface area contributed by atoms with Gasteiger partial charge >= 0.3 is 0 Å². The number of carbonyl (C=O) groups is 1. The van der Waals surface area contributed by atoms with Crippen LogP contribution in [0.15, 0.2) is 18.2 Å². The van der Waals surface area contributed by atoms with E-state index < -0.39 is 0 Å². The first-order valence-corrected chi connectivity index (χ1v) is 6.11. The summed E-state index contributed by atoms with van der Waals surface area (Å²) in [5.41, 5.74) is 6.00. The zero-order chi connectivity index (χ0) is 12.5. The molecule has 0 bridgehead atoms. The summed E-state index contributed by atoms with van der Waals surface area (Å²) >= 11 is 5.77. The number of benzene rings is 1. The highest BCUT2D eigenvalue weighted by atomic mass is 35.5. The van der Waals surface area contributed by atoms with Crippen LogP contribution in [0.3, 0.4) is 0 Å². The average Bonchev–Trinajstić information content (AvgIpc) is 2.21. The van der Waals surface area contributed by atoms with Crippen LogP contribution in [0.5, 0.6) is 0 Å². The minimum Gasteiger partial charge on any atom is -0.325 e. The van der Waals surface area contributed by atoms with Crippen LogP contribution in [-0.4, -0.2) is 11.3 Å². The normalized spacial score (nSPS) is 17.6. The summed E-state index contributed by atoms with van der Waals surface area (Å²) in [7, 11) is 0. The molecule has 0 spiro atoms. The fourth-order valence-corrected chi connectivity index (χ4v) is 2.35. The number of hydrogen-bond donors (Lipinski definition) is 1. The molecule has 4 heteroatoms. The number of carbonyl (C=O) groups excluding carboxylic acids is 1. The van der Waals surface area contributed by atoms with Crippen LogP contribution in [0.2, 0.25) is 5.02 Å². The molecular weight excluding hydrogens is 241 g/mol. The lowest BCUT2D eigenvalue weighted by Gasteiger charge is -2.37.